The Hall–Kier alpha value is -0.570. The predicted molar refractivity (Wildman–Crippen MR) is 42.3 cm³/mol. The first kappa shape index (κ1) is 8.53. The van der Waals surface area contributed by atoms with Crippen molar-refractivity contribution in [3.8, 4) is 0 Å². The maximum Gasteiger partial charge on any atom is 0.325 e. The summed E-state index contributed by atoms with van der Waals surface area (Å²) < 4.78 is 5.01. The predicted octanol–water partition coefficient (Wildman–Crippen LogP) is 0.690. The molecule has 0 amide bonds. The molecule has 3 nitrogen and oxygen atoms in total. The molecule has 1 fully saturated rings. The Kier molecular flexibility index (Phi) is 1.71. The van der Waals surface area contributed by atoms with Gasteiger partial charge in [0.2, 0.25) is 0 Å². The zero-order valence-corrected chi connectivity index (χ0v) is 7.52. The van der Waals surface area contributed by atoms with Crippen LogP contribution in [0.1, 0.15) is 27.7 Å². The SMILES string of the molecule is CC1(C)COC(=O)C(C)(C)N1. The van der Waals surface area contributed by atoms with Gasteiger partial charge in [0.1, 0.15) is 12.1 Å². The average molecular weight is 157 g/mol. The monoisotopic (exact) mass is 157 g/mol. The van der Waals surface area contributed by atoms with Gasteiger partial charge in [-0.2, -0.15) is 0 Å². The topological polar surface area (TPSA) is 38.3 Å². The minimum absolute atomic E-state index is 0.0998. The van der Waals surface area contributed by atoms with E-state index in [1.165, 1.54) is 0 Å². The maximum absolute atomic E-state index is 11.1. The first-order chi connectivity index (χ1) is 4.83. The van der Waals surface area contributed by atoms with Crippen molar-refractivity contribution < 1.29 is 9.53 Å². The van der Waals surface area contributed by atoms with E-state index in [1.807, 2.05) is 27.7 Å². The number of hydrogen-bond acceptors (Lipinski definition) is 3. The molecular weight excluding hydrogens is 142 g/mol. The van der Waals surface area contributed by atoms with Crippen LogP contribution in [0.3, 0.4) is 0 Å². The fourth-order valence-electron chi connectivity index (χ4n) is 1.36. The smallest absolute Gasteiger partial charge is 0.325 e. The molecule has 11 heavy (non-hydrogen) atoms. The fraction of sp³-hybridized carbons (Fsp3) is 0.875. The molecule has 0 aliphatic carbocycles. The van der Waals surface area contributed by atoms with Gasteiger partial charge in [-0.3, -0.25) is 10.1 Å². The summed E-state index contributed by atoms with van der Waals surface area (Å²) in [6, 6.07) is 0. The van der Waals surface area contributed by atoms with E-state index in [2.05, 4.69) is 5.32 Å². The molecule has 1 saturated heterocycles. The normalized spacial score (nSPS) is 27.8. The van der Waals surface area contributed by atoms with Crippen molar-refractivity contribution in [3.05, 3.63) is 0 Å². The van der Waals surface area contributed by atoms with Crippen LogP contribution in [0.4, 0.5) is 0 Å². The Bertz CT molecular complexity index is 185. The third-order valence-corrected chi connectivity index (χ3v) is 1.73. The molecule has 1 aliphatic rings. The van der Waals surface area contributed by atoms with Crippen molar-refractivity contribution in [2.24, 2.45) is 0 Å². The molecule has 3 heteroatoms. The summed E-state index contributed by atoms with van der Waals surface area (Å²) in [5, 5.41) is 3.21. The molecule has 0 saturated carbocycles. The standard InChI is InChI=1S/C8H15NO2/c1-7(2)5-11-6(10)8(3,4)9-7/h9H,5H2,1-4H3. The molecule has 0 aromatic heterocycles. The van der Waals surface area contributed by atoms with Crippen molar-refractivity contribution in [1.29, 1.82) is 0 Å². The Balaban J connectivity index is 2.75. The van der Waals surface area contributed by atoms with Crippen LogP contribution in [-0.4, -0.2) is 23.7 Å². The Morgan fingerprint density at radius 3 is 2.27 bits per heavy atom. The van der Waals surface area contributed by atoms with Crippen molar-refractivity contribution in [2.45, 2.75) is 38.8 Å². The van der Waals surface area contributed by atoms with Crippen molar-refractivity contribution in [2.75, 3.05) is 6.61 Å². The Morgan fingerprint density at radius 1 is 1.36 bits per heavy atom. The van der Waals surface area contributed by atoms with Gasteiger partial charge in [0.25, 0.3) is 0 Å². The summed E-state index contributed by atoms with van der Waals surface area (Å²) in [6.45, 7) is 8.14. The molecule has 0 aromatic carbocycles. The van der Waals surface area contributed by atoms with E-state index < -0.39 is 5.54 Å². The number of hydrogen-bond donors (Lipinski definition) is 1. The number of rotatable bonds is 0. The second-order valence-corrected chi connectivity index (χ2v) is 4.21. The molecule has 0 radical (unpaired) electrons. The van der Waals surface area contributed by atoms with Gasteiger partial charge in [0.15, 0.2) is 0 Å². The van der Waals surface area contributed by atoms with Gasteiger partial charge in [0, 0.05) is 5.54 Å². The highest BCUT2D eigenvalue weighted by Gasteiger charge is 2.40. The van der Waals surface area contributed by atoms with Gasteiger partial charge in [-0.05, 0) is 27.7 Å². The highest BCUT2D eigenvalue weighted by Crippen LogP contribution is 2.18. The average Bonchev–Trinajstić information content (AvgIpc) is 1.77. The van der Waals surface area contributed by atoms with Crippen LogP contribution in [0.2, 0.25) is 0 Å². The molecule has 1 aliphatic heterocycles. The number of carbonyl (C=O) groups is 1. The van der Waals surface area contributed by atoms with Crippen molar-refractivity contribution in [3.63, 3.8) is 0 Å². The van der Waals surface area contributed by atoms with E-state index in [0.29, 0.717) is 6.61 Å². The van der Waals surface area contributed by atoms with E-state index in [0.717, 1.165) is 0 Å². The minimum Gasteiger partial charge on any atom is -0.462 e. The lowest BCUT2D eigenvalue weighted by molar-refractivity contribution is -0.160. The number of ether oxygens (including phenoxy) is 1. The van der Waals surface area contributed by atoms with E-state index in [-0.39, 0.29) is 11.5 Å². The summed E-state index contributed by atoms with van der Waals surface area (Å²) in [4.78, 5) is 11.1. The fourth-order valence-corrected chi connectivity index (χ4v) is 1.36. The van der Waals surface area contributed by atoms with Crippen molar-refractivity contribution in [1.82, 2.24) is 5.32 Å². The van der Waals surface area contributed by atoms with Gasteiger partial charge in [-0.25, -0.2) is 0 Å². The van der Waals surface area contributed by atoms with E-state index in [9.17, 15) is 4.79 Å². The Labute approximate surface area is 67.1 Å². The first-order valence-electron chi connectivity index (χ1n) is 3.80. The largest absolute Gasteiger partial charge is 0.462 e. The minimum atomic E-state index is -0.540. The number of carbonyl (C=O) groups excluding carboxylic acids is 1. The second-order valence-electron chi connectivity index (χ2n) is 4.21. The summed E-state index contributed by atoms with van der Waals surface area (Å²) in [6.07, 6.45) is 0. The highest BCUT2D eigenvalue weighted by molar-refractivity contribution is 5.80. The van der Waals surface area contributed by atoms with E-state index in [4.69, 9.17) is 4.74 Å². The number of nitrogens with one attached hydrogen (secondary N) is 1. The third kappa shape index (κ3) is 1.71. The summed E-state index contributed by atoms with van der Waals surface area (Å²) in [5.74, 6) is -0.170. The highest BCUT2D eigenvalue weighted by atomic mass is 16.5. The van der Waals surface area contributed by atoms with Crippen LogP contribution in [0, 0.1) is 0 Å². The summed E-state index contributed by atoms with van der Waals surface area (Å²) in [5.41, 5.74) is -0.640. The number of esters is 1. The molecule has 0 aromatic rings. The molecule has 0 unspecified atom stereocenters. The number of cyclic esters (lactones) is 1. The number of morpholine rings is 1. The summed E-state index contributed by atoms with van der Waals surface area (Å²) in [7, 11) is 0. The molecule has 0 bridgehead atoms. The van der Waals surface area contributed by atoms with Gasteiger partial charge in [-0.15, -0.1) is 0 Å². The van der Waals surface area contributed by atoms with Gasteiger partial charge in [-0.1, -0.05) is 0 Å². The quantitative estimate of drug-likeness (QED) is 0.526. The third-order valence-electron chi connectivity index (χ3n) is 1.73. The Morgan fingerprint density at radius 2 is 1.91 bits per heavy atom. The molecular formula is C8H15NO2. The van der Waals surface area contributed by atoms with Crippen LogP contribution >= 0.6 is 0 Å². The molecule has 1 heterocycles. The van der Waals surface area contributed by atoms with Crippen LogP contribution in [0.5, 0.6) is 0 Å². The molecule has 0 spiro atoms. The van der Waals surface area contributed by atoms with Crippen LogP contribution in [0.15, 0.2) is 0 Å². The molecule has 0 atom stereocenters. The zero-order chi connectivity index (χ0) is 8.70. The lowest BCUT2D eigenvalue weighted by Gasteiger charge is -2.40. The molecule has 64 valence electrons. The molecule has 1 rings (SSSR count). The van der Waals surface area contributed by atoms with Gasteiger partial charge in [0.05, 0.1) is 0 Å². The van der Waals surface area contributed by atoms with Crippen LogP contribution in [0.25, 0.3) is 0 Å². The van der Waals surface area contributed by atoms with Gasteiger partial charge >= 0.3 is 5.97 Å². The molecule has 1 N–H and O–H groups in total. The van der Waals surface area contributed by atoms with E-state index in [1.54, 1.807) is 0 Å². The van der Waals surface area contributed by atoms with Crippen LogP contribution in [-0.2, 0) is 9.53 Å². The van der Waals surface area contributed by atoms with Gasteiger partial charge < -0.3 is 4.74 Å². The van der Waals surface area contributed by atoms with Crippen molar-refractivity contribution >= 4 is 5.97 Å². The van der Waals surface area contributed by atoms with E-state index >= 15 is 0 Å². The first-order valence-corrected chi connectivity index (χ1v) is 3.80. The lowest BCUT2D eigenvalue weighted by Crippen LogP contribution is -2.63. The second kappa shape index (κ2) is 2.21. The maximum atomic E-state index is 11.1. The lowest BCUT2D eigenvalue weighted by atomic mass is 9.95. The zero-order valence-electron chi connectivity index (χ0n) is 7.52. The van der Waals surface area contributed by atoms with Crippen LogP contribution < -0.4 is 5.32 Å². The summed E-state index contributed by atoms with van der Waals surface area (Å²) >= 11 is 0.